The highest BCUT2D eigenvalue weighted by Crippen LogP contribution is 2.41. The molecule has 0 fully saturated rings. The summed E-state index contributed by atoms with van der Waals surface area (Å²) in [5.74, 6) is -0.353. The van der Waals surface area contributed by atoms with Crippen LogP contribution in [0.3, 0.4) is 0 Å². The highest BCUT2D eigenvalue weighted by molar-refractivity contribution is 8.00. The number of alkyl halides is 3. The minimum atomic E-state index is -4.51. The van der Waals surface area contributed by atoms with E-state index in [0.717, 1.165) is 16.4 Å². The van der Waals surface area contributed by atoms with Crippen molar-refractivity contribution in [1.82, 2.24) is 4.31 Å². The first-order valence-electron chi connectivity index (χ1n) is 4.58. The van der Waals surface area contributed by atoms with Gasteiger partial charge in [0, 0.05) is 14.1 Å². The third-order valence-corrected chi connectivity index (χ3v) is 3.79. The van der Waals surface area contributed by atoms with Gasteiger partial charge in [-0.15, -0.1) is 0 Å². The summed E-state index contributed by atoms with van der Waals surface area (Å²) in [6, 6.07) is 5.05. The van der Waals surface area contributed by atoms with Gasteiger partial charge in [0.15, 0.2) is 5.75 Å². The van der Waals surface area contributed by atoms with Crippen LogP contribution in [0.4, 0.5) is 13.2 Å². The Balaban J connectivity index is 3.04. The van der Waals surface area contributed by atoms with E-state index in [1.165, 1.54) is 26.2 Å². The molecule has 1 aromatic rings. The van der Waals surface area contributed by atoms with Gasteiger partial charge >= 0.3 is 15.8 Å². The van der Waals surface area contributed by atoms with Crippen molar-refractivity contribution in [1.29, 1.82) is 0 Å². The molecule has 0 saturated carbocycles. The Kier molecular flexibility index (Phi) is 4.51. The zero-order valence-electron chi connectivity index (χ0n) is 9.43. The summed E-state index contributed by atoms with van der Waals surface area (Å²) in [5, 5.41) is 0. The average molecular weight is 301 g/mol. The average Bonchev–Trinajstić information content (AvgIpc) is 2.18. The van der Waals surface area contributed by atoms with E-state index < -0.39 is 27.6 Å². The van der Waals surface area contributed by atoms with Gasteiger partial charge in [0.1, 0.15) is 0 Å². The lowest BCUT2D eigenvalue weighted by Gasteiger charge is -2.15. The first-order valence-corrected chi connectivity index (χ1v) is 6.77. The number of rotatable bonds is 4. The Hall–Kier alpha value is -0.930. The van der Waals surface area contributed by atoms with Crippen LogP contribution in [-0.4, -0.2) is 32.3 Å². The minimum Gasteiger partial charge on any atom is -0.370 e. The van der Waals surface area contributed by atoms with Gasteiger partial charge in [-0.1, -0.05) is 12.1 Å². The lowest BCUT2D eigenvalue weighted by molar-refractivity contribution is -0.0328. The van der Waals surface area contributed by atoms with Crippen molar-refractivity contribution < 1.29 is 25.8 Å². The van der Waals surface area contributed by atoms with Crippen molar-refractivity contribution >= 4 is 22.1 Å². The molecule has 18 heavy (non-hydrogen) atoms. The maximum Gasteiger partial charge on any atom is 0.446 e. The molecule has 0 aliphatic heterocycles. The lowest BCUT2D eigenvalue weighted by atomic mass is 10.3. The monoisotopic (exact) mass is 301 g/mol. The summed E-state index contributed by atoms with van der Waals surface area (Å²) in [7, 11) is -1.64. The molecule has 1 rings (SSSR count). The molecular formula is C9H10F3NO3S2. The second-order valence-electron chi connectivity index (χ2n) is 3.32. The summed E-state index contributed by atoms with van der Waals surface area (Å²) in [5.41, 5.74) is -4.51. The van der Waals surface area contributed by atoms with Gasteiger partial charge in [-0.05, 0) is 23.9 Å². The number of nitrogens with zero attached hydrogens (tertiary/aromatic N) is 1. The summed E-state index contributed by atoms with van der Waals surface area (Å²) >= 11 is -0.428. The third kappa shape index (κ3) is 4.39. The largest absolute Gasteiger partial charge is 0.446 e. The first-order chi connectivity index (χ1) is 8.12. The number of halogens is 3. The second-order valence-corrected chi connectivity index (χ2v) is 6.18. The molecule has 0 saturated heterocycles. The molecule has 1 aromatic carbocycles. The lowest BCUT2D eigenvalue weighted by Crippen LogP contribution is -2.27. The molecule has 0 aromatic heterocycles. The van der Waals surface area contributed by atoms with Gasteiger partial charge in [0.2, 0.25) is 0 Å². The fourth-order valence-corrected chi connectivity index (χ4v) is 2.10. The topological polar surface area (TPSA) is 46.6 Å². The molecule has 9 heteroatoms. The molecular weight excluding hydrogens is 291 g/mol. The van der Waals surface area contributed by atoms with Gasteiger partial charge in [-0.2, -0.15) is 25.9 Å². The predicted molar refractivity (Wildman–Crippen MR) is 61.6 cm³/mol. The summed E-state index contributed by atoms with van der Waals surface area (Å²) in [6.07, 6.45) is 0. The van der Waals surface area contributed by atoms with E-state index in [4.69, 9.17) is 0 Å². The smallest absolute Gasteiger partial charge is 0.370 e. The highest BCUT2D eigenvalue weighted by Gasteiger charge is 2.31. The molecule has 102 valence electrons. The normalized spacial score (nSPS) is 12.8. The molecule has 0 aliphatic rings. The maximum atomic E-state index is 12.3. The molecule has 4 nitrogen and oxygen atoms in total. The number of para-hydroxylation sites is 1. The summed E-state index contributed by atoms with van der Waals surface area (Å²) in [4.78, 5) is -0.310. The molecule has 0 heterocycles. The van der Waals surface area contributed by atoms with E-state index in [1.54, 1.807) is 0 Å². The minimum absolute atomic E-state index is 0.310. The fourth-order valence-electron chi connectivity index (χ4n) is 0.916. The van der Waals surface area contributed by atoms with Gasteiger partial charge in [0.25, 0.3) is 0 Å². The number of hydrogen-bond donors (Lipinski definition) is 0. The quantitative estimate of drug-likeness (QED) is 0.802. The van der Waals surface area contributed by atoms with E-state index in [9.17, 15) is 21.6 Å². The predicted octanol–water partition coefficient (Wildman–Crippen LogP) is 2.48. The Morgan fingerprint density at radius 2 is 1.78 bits per heavy atom. The van der Waals surface area contributed by atoms with Gasteiger partial charge < -0.3 is 4.18 Å². The molecule has 0 radical (unpaired) electrons. The highest BCUT2D eigenvalue weighted by atomic mass is 32.2. The SMILES string of the molecule is CN(C)S(=O)(=O)Oc1ccccc1SC(F)(F)F. The fraction of sp³-hybridized carbons (Fsp3) is 0.333. The second kappa shape index (κ2) is 5.37. The molecule has 0 N–H and O–H groups in total. The molecule has 0 bridgehead atoms. The standard InChI is InChI=1S/C9H10F3NO3S2/c1-13(2)18(14,15)16-7-5-3-4-6-8(7)17-9(10,11)12/h3-6H,1-2H3. The van der Waals surface area contributed by atoms with Crippen LogP contribution in [-0.2, 0) is 10.3 Å². The van der Waals surface area contributed by atoms with Crippen molar-refractivity contribution in [2.75, 3.05) is 14.1 Å². The summed E-state index contributed by atoms with van der Waals surface area (Å²) < 4.78 is 65.0. The molecule has 0 atom stereocenters. The zero-order chi connectivity index (χ0) is 14.0. The van der Waals surface area contributed by atoms with Crippen LogP contribution >= 0.6 is 11.8 Å². The zero-order valence-corrected chi connectivity index (χ0v) is 11.1. The van der Waals surface area contributed by atoms with E-state index in [0.29, 0.717) is 0 Å². The van der Waals surface area contributed by atoms with Crippen LogP contribution in [0.2, 0.25) is 0 Å². The Morgan fingerprint density at radius 1 is 1.22 bits per heavy atom. The van der Waals surface area contributed by atoms with Crippen LogP contribution in [0, 0.1) is 0 Å². The summed E-state index contributed by atoms with van der Waals surface area (Å²) in [6.45, 7) is 0. The maximum absolute atomic E-state index is 12.3. The van der Waals surface area contributed by atoms with Crippen LogP contribution in [0.15, 0.2) is 29.2 Å². The number of thioether (sulfide) groups is 1. The molecule has 0 spiro atoms. The Morgan fingerprint density at radius 3 is 2.28 bits per heavy atom. The van der Waals surface area contributed by atoms with Crippen LogP contribution < -0.4 is 4.18 Å². The molecule has 0 amide bonds. The Bertz CT molecular complexity index is 514. The Labute approximate surface area is 107 Å². The van der Waals surface area contributed by atoms with Crippen molar-refractivity contribution in [3.8, 4) is 5.75 Å². The van der Waals surface area contributed by atoms with E-state index >= 15 is 0 Å². The van der Waals surface area contributed by atoms with E-state index in [2.05, 4.69) is 4.18 Å². The van der Waals surface area contributed by atoms with Crippen molar-refractivity contribution in [3.63, 3.8) is 0 Å². The molecule has 0 unspecified atom stereocenters. The number of hydrogen-bond acceptors (Lipinski definition) is 4. The van der Waals surface area contributed by atoms with Gasteiger partial charge in [-0.25, -0.2) is 0 Å². The van der Waals surface area contributed by atoms with E-state index in [-0.39, 0.29) is 10.6 Å². The molecule has 0 aliphatic carbocycles. The van der Waals surface area contributed by atoms with Crippen molar-refractivity contribution in [2.45, 2.75) is 10.4 Å². The van der Waals surface area contributed by atoms with Crippen molar-refractivity contribution in [3.05, 3.63) is 24.3 Å². The van der Waals surface area contributed by atoms with Crippen LogP contribution in [0.1, 0.15) is 0 Å². The van der Waals surface area contributed by atoms with Gasteiger partial charge in [-0.3, -0.25) is 0 Å². The number of benzene rings is 1. The van der Waals surface area contributed by atoms with Gasteiger partial charge in [0.05, 0.1) is 4.90 Å². The third-order valence-electron chi connectivity index (χ3n) is 1.72. The van der Waals surface area contributed by atoms with E-state index in [1.807, 2.05) is 0 Å². The van der Waals surface area contributed by atoms with Crippen LogP contribution in [0.5, 0.6) is 5.75 Å². The van der Waals surface area contributed by atoms with Crippen LogP contribution in [0.25, 0.3) is 0 Å². The first kappa shape index (κ1) is 15.1. The van der Waals surface area contributed by atoms with Crippen molar-refractivity contribution in [2.24, 2.45) is 0 Å².